The van der Waals surface area contributed by atoms with Gasteiger partial charge in [-0.05, 0) is 59.8 Å². The first kappa shape index (κ1) is 22.5. The Morgan fingerprint density at radius 3 is 2.71 bits per heavy atom. The first-order valence-corrected chi connectivity index (χ1v) is 10.8. The van der Waals surface area contributed by atoms with E-state index in [1.807, 2.05) is 39.5 Å². The van der Waals surface area contributed by atoms with Crippen molar-refractivity contribution in [3.63, 3.8) is 0 Å². The van der Waals surface area contributed by atoms with Crippen molar-refractivity contribution < 1.29 is 9.53 Å². The summed E-state index contributed by atoms with van der Waals surface area (Å²) in [5.74, 6) is 1.28. The second-order valence-corrected chi connectivity index (χ2v) is 9.61. The van der Waals surface area contributed by atoms with E-state index < -0.39 is 5.60 Å². The van der Waals surface area contributed by atoms with E-state index in [1.54, 1.807) is 18.4 Å². The van der Waals surface area contributed by atoms with E-state index in [0.29, 0.717) is 5.92 Å². The van der Waals surface area contributed by atoms with Crippen molar-refractivity contribution in [2.24, 2.45) is 10.9 Å². The molecule has 28 heavy (non-hydrogen) atoms. The molecule has 1 aliphatic heterocycles. The quantitative estimate of drug-likeness (QED) is 0.575. The Hall–Kier alpha value is -1.83. The highest BCUT2D eigenvalue weighted by molar-refractivity contribution is 7.11. The average Bonchev–Trinajstić information content (AvgIpc) is 2.94. The molecule has 2 N–H and O–H groups in total. The number of nitrogens with zero attached hydrogens (tertiary/aromatic N) is 3. The maximum atomic E-state index is 12.3. The first-order valence-electron chi connectivity index (χ1n) is 10.0. The first-order chi connectivity index (χ1) is 13.2. The van der Waals surface area contributed by atoms with Gasteiger partial charge in [-0.1, -0.05) is 0 Å². The van der Waals surface area contributed by atoms with Crippen LogP contribution < -0.4 is 10.6 Å². The molecule has 1 aromatic heterocycles. The summed E-state index contributed by atoms with van der Waals surface area (Å²) < 4.78 is 5.51. The number of carbonyl (C=O) groups excluding carboxylic acids is 1. The second-order valence-electron chi connectivity index (χ2n) is 8.32. The minimum Gasteiger partial charge on any atom is -0.444 e. The van der Waals surface area contributed by atoms with Gasteiger partial charge >= 0.3 is 6.09 Å². The molecule has 1 atom stereocenters. The number of hydrogen-bond donors (Lipinski definition) is 2. The topological polar surface area (TPSA) is 78.9 Å². The molecule has 0 bridgehead atoms. The van der Waals surface area contributed by atoms with Gasteiger partial charge in [0.2, 0.25) is 0 Å². The van der Waals surface area contributed by atoms with Gasteiger partial charge in [-0.15, -0.1) is 11.3 Å². The van der Waals surface area contributed by atoms with Gasteiger partial charge in [-0.25, -0.2) is 9.78 Å². The fraction of sp³-hybridized carbons (Fsp3) is 0.750. The SMILES string of the molecule is CN=C(NCCC1CCCN(C(=O)OC(C)(C)C)C1)NCc1sc(C)nc1C. The van der Waals surface area contributed by atoms with Gasteiger partial charge in [0.15, 0.2) is 5.96 Å². The predicted octanol–water partition coefficient (Wildman–Crippen LogP) is 3.46. The van der Waals surface area contributed by atoms with Gasteiger partial charge in [0, 0.05) is 31.6 Å². The molecular weight excluding hydrogens is 374 g/mol. The zero-order valence-electron chi connectivity index (χ0n) is 18.1. The molecule has 0 aliphatic carbocycles. The van der Waals surface area contributed by atoms with E-state index >= 15 is 0 Å². The molecule has 0 aromatic carbocycles. The molecule has 0 radical (unpaired) electrons. The van der Waals surface area contributed by atoms with Crippen molar-refractivity contribution in [1.29, 1.82) is 0 Å². The highest BCUT2D eigenvalue weighted by atomic mass is 32.1. The monoisotopic (exact) mass is 409 g/mol. The third kappa shape index (κ3) is 7.30. The molecule has 158 valence electrons. The number of aromatic nitrogens is 1. The molecule has 1 unspecified atom stereocenters. The minimum absolute atomic E-state index is 0.196. The highest BCUT2D eigenvalue weighted by Gasteiger charge is 2.27. The third-order valence-electron chi connectivity index (χ3n) is 4.66. The average molecular weight is 410 g/mol. The Morgan fingerprint density at radius 2 is 2.11 bits per heavy atom. The normalized spacial score (nSPS) is 18.1. The summed E-state index contributed by atoms with van der Waals surface area (Å²) in [6.07, 6.45) is 2.98. The maximum absolute atomic E-state index is 12.3. The summed E-state index contributed by atoms with van der Waals surface area (Å²) in [5.41, 5.74) is 0.633. The van der Waals surface area contributed by atoms with Crippen LogP contribution in [0.2, 0.25) is 0 Å². The fourth-order valence-corrected chi connectivity index (χ4v) is 4.19. The number of likely N-dealkylation sites (tertiary alicyclic amines) is 1. The Balaban J connectivity index is 1.73. The van der Waals surface area contributed by atoms with E-state index in [4.69, 9.17) is 4.74 Å². The molecule has 1 aliphatic rings. The number of rotatable bonds is 5. The smallest absolute Gasteiger partial charge is 0.410 e. The zero-order chi connectivity index (χ0) is 20.7. The van der Waals surface area contributed by atoms with Crippen molar-refractivity contribution in [3.05, 3.63) is 15.6 Å². The van der Waals surface area contributed by atoms with E-state index in [0.717, 1.165) is 62.1 Å². The van der Waals surface area contributed by atoms with Gasteiger partial charge in [0.05, 0.1) is 17.2 Å². The zero-order valence-corrected chi connectivity index (χ0v) is 18.9. The van der Waals surface area contributed by atoms with E-state index in [-0.39, 0.29) is 6.09 Å². The Bertz CT molecular complexity index is 681. The van der Waals surface area contributed by atoms with E-state index in [9.17, 15) is 4.79 Å². The van der Waals surface area contributed by atoms with Crippen LogP contribution in [-0.4, -0.2) is 54.2 Å². The summed E-state index contributed by atoms with van der Waals surface area (Å²) in [7, 11) is 1.78. The number of piperidine rings is 1. The second kappa shape index (κ2) is 10.1. The van der Waals surface area contributed by atoms with Crippen LogP contribution in [0.3, 0.4) is 0 Å². The lowest BCUT2D eigenvalue weighted by molar-refractivity contribution is 0.0162. The lowest BCUT2D eigenvalue weighted by Gasteiger charge is -2.34. The van der Waals surface area contributed by atoms with Crippen molar-refractivity contribution >= 4 is 23.4 Å². The summed E-state index contributed by atoms with van der Waals surface area (Å²) >= 11 is 1.71. The van der Waals surface area contributed by atoms with Crippen molar-refractivity contribution in [2.75, 3.05) is 26.7 Å². The molecule has 1 aromatic rings. The molecule has 7 nitrogen and oxygen atoms in total. The van der Waals surface area contributed by atoms with E-state index in [2.05, 4.69) is 20.6 Å². The largest absolute Gasteiger partial charge is 0.444 e. The number of nitrogens with one attached hydrogen (secondary N) is 2. The number of carbonyl (C=O) groups is 1. The summed E-state index contributed by atoms with van der Waals surface area (Å²) in [6.45, 7) is 12.9. The van der Waals surface area contributed by atoms with Crippen molar-refractivity contribution in [1.82, 2.24) is 20.5 Å². The molecule has 0 spiro atoms. The van der Waals surface area contributed by atoms with Gasteiger partial charge < -0.3 is 20.3 Å². The van der Waals surface area contributed by atoms with Crippen LogP contribution in [0.25, 0.3) is 0 Å². The van der Waals surface area contributed by atoms with Gasteiger partial charge in [-0.2, -0.15) is 0 Å². The number of ether oxygens (including phenoxy) is 1. The lowest BCUT2D eigenvalue weighted by atomic mass is 9.95. The number of hydrogen-bond acceptors (Lipinski definition) is 5. The maximum Gasteiger partial charge on any atom is 0.410 e. The van der Waals surface area contributed by atoms with Crippen LogP contribution >= 0.6 is 11.3 Å². The Labute approximate surface area is 173 Å². The summed E-state index contributed by atoms with van der Waals surface area (Å²) in [4.78, 5) is 24.1. The van der Waals surface area contributed by atoms with E-state index in [1.165, 1.54) is 4.88 Å². The molecule has 1 amide bonds. The van der Waals surface area contributed by atoms with Crippen molar-refractivity contribution in [2.45, 2.75) is 66.0 Å². The van der Waals surface area contributed by atoms with Gasteiger partial charge in [0.25, 0.3) is 0 Å². The van der Waals surface area contributed by atoms with Crippen LogP contribution in [0.1, 0.15) is 55.6 Å². The van der Waals surface area contributed by atoms with Crippen LogP contribution in [0.5, 0.6) is 0 Å². The molecule has 2 rings (SSSR count). The number of aryl methyl sites for hydroxylation is 2. The molecule has 8 heteroatoms. The number of aliphatic imine (C=N–C) groups is 1. The van der Waals surface area contributed by atoms with Crippen molar-refractivity contribution in [3.8, 4) is 0 Å². The molecule has 1 saturated heterocycles. The van der Waals surface area contributed by atoms with Crippen LogP contribution in [-0.2, 0) is 11.3 Å². The molecular formula is C20H35N5O2S. The summed E-state index contributed by atoms with van der Waals surface area (Å²) in [5, 5.41) is 7.83. The molecule has 1 fully saturated rings. The number of amides is 1. The predicted molar refractivity (Wildman–Crippen MR) is 115 cm³/mol. The lowest BCUT2D eigenvalue weighted by Crippen LogP contribution is -2.44. The Morgan fingerprint density at radius 1 is 1.36 bits per heavy atom. The van der Waals surface area contributed by atoms with Crippen LogP contribution in [0.15, 0.2) is 4.99 Å². The Kier molecular flexibility index (Phi) is 8.10. The molecule has 2 heterocycles. The van der Waals surface area contributed by atoms with Crippen LogP contribution in [0.4, 0.5) is 4.79 Å². The number of guanidine groups is 1. The van der Waals surface area contributed by atoms with Crippen LogP contribution in [0, 0.1) is 19.8 Å². The highest BCUT2D eigenvalue weighted by Crippen LogP contribution is 2.21. The molecule has 0 saturated carbocycles. The minimum atomic E-state index is -0.446. The fourth-order valence-electron chi connectivity index (χ4n) is 3.31. The summed E-state index contributed by atoms with van der Waals surface area (Å²) in [6, 6.07) is 0. The number of thiazole rings is 1. The van der Waals surface area contributed by atoms with Gasteiger partial charge in [0.1, 0.15) is 5.60 Å². The standard InChI is InChI=1S/C20H35N5O2S/c1-14-17(28-15(2)24-14)12-23-18(21-6)22-10-9-16-8-7-11-25(13-16)19(26)27-20(3,4)5/h16H,7-13H2,1-6H3,(H2,21,22,23). The van der Waals surface area contributed by atoms with Gasteiger partial charge in [-0.3, -0.25) is 4.99 Å². The third-order valence-corrected chi connectivity index (χ3v) is 5.73.